The molecule has 1 heterocycles. The number of hydrogen-bond acceptors (Lipinski definition) is 4. The SMILES string of the molecule is COc1ccccc1C(O)CNc1ncccc1C(F)(F)F. The molecule has 1 unspecified atom stereocenters. The Morgan fingerprint density at radius 1 is 1.23 bits per heavy atom. The summed E-state index contributed by atoms with van der Waals surface area (Å²) < 4.78 is 43.7. The highest BCUT2D eigenvalue weighted by molar-refractivity contribution is 5.46. The van der Waals surface area contributed by atoms with E-state index in [0.29, 0.717) is 11.3 Å². The molecule has 0 radical (unpaired) electrons. The molecule has 0 amide bonds. The molecule has 0 aliphatic heterocycles. The molecular weight excluding hydrogens is 297 g/mol. The van der Waals surface area contributed by atoms with Crippen molar-refractivity contribution in [3.63, 3.8) is 0 Å². The van der Waals surface area contributed by atoms with Crippen LogP contribution >= 0.6 is 0 Å². The maximum atomic E-state index is 12.9. The zero-order chi connectivity index (χ0) is 16.2. The van der Waals surface area contributed by atoms with Crippen LogP contribution in [0, 0.1) is 0 Å². The predicted molar refractivity (Wildman–Crippen MR) is 75.7 cm³/mol. The van der Waals surface area contributed by atoms with Gasteiger partial charge < -0.3 is 15.2 Å². The van der Waals surface area contributed by atoms with Crippen molar-refractivity contribution in [1.82, 2.24) is 4.98 Å². The van der Waals surface area contributed by atoms with Crippen LogP contribution in [0.15, 0.2) is 42.6 Å². The third kappa shape index (κ3) is 3.67. The van der Waals surface area contributed by atoms with Crippen LogP contribution in [-0.4, -0.2) is 23.7 Å². The third-order valence-corrected chi connectivity index (χ3v) is 3.07. The number of hydrogen-bond donors (Lipinski definition) is 2. The van der Waals surface area contributed by atoms with Crippen molar-refractivity contribution in [3.8, 4) is 5.75 Å². The molecule has 0 saturated carbocycles. The molecule has 2 rings (SSSR count). The van der Waals surface area contributed by atoms with E-state index in [-0.39, 0.29) is 12.4 Å². The summed E-state index contributed by atoms with van der Waals surface area (Å²) in [6.45, 7) is -0.125. The van der Waals surface area contributed by atoms with Crippen LogP contribution in [0.2, 0.25) is 0 Å². The van der Waals surface area contributed by atoms with Gasteiger partial charge in [-0.25, -0.2) is 4.98 Å². The van der Waals surface area contributed by atoms with Crippen LogP contribution in [-0.2, 0) is 6.18 Å². The molecule has 1 aromatic carbocycles. The smallest absolute Gasteiger partial charge is 0.419 e. The van der Waals surface area contributed by atoms with E-state index >= 15 is 0 Å². The quantitative estimate of drug-likeness (QED) is 0.890. The Morgan fingerprint density at radius 3 is 2.64 bits per heavy atom. The summed E-state index contributed by atoms with van der Waals surface area (Å²) in [4.78, 5) is 3.68. The number of aliphatic hydroxyl groups is 1. The number of nitrogens with one attached hydrogen (secondary N) is 1. The second-order valence-electron chi connectivity index (χ2n) is 4.54. The van der Waals surface area contributed by atoms with E-state index in [4.69, 9.17) is 4.74 Å². The fourth-order valence-electron chi connectivity index (χ4n) is 2.02. The Morgan fingerprint density at radius 2 is 1.95 bits per heavy atom. The molecular formula is C15H15F3N2O2. The van der Waals surface area contributed by atoms with E-state index in [1.165, 1.54) is 19.4 Å². The number of pyridine rings is 1. The first-order valence-corrected chi connectivity index (χ1v) is 6.50. The van der Waals surface area contributed by atoms with E-state index < -0.39 is 17.8 Å². The van der Waals surface area contributed by atoms with Crippen molar-refractivity contribution < 1.29 is 23.0 Å². The lowest BCUT2D eigenvalue weighted by Gasteiger charge is -2.17. The van der Waals surface area contributed by atoms with Crippen LogP contribution in [0.4, 0.5) is 19.0 Å². The van der Waals surface area contributed by atoms with Crippen molar-refractivity contribution in [2.45, 2.75) is 12.3 Å². The summed E-state index contributed by atoms with van der Waals surface area (Å²) in [5.41, 5.74) is -0.385. The Bertz CT molecular complexity index is 632. The van der Waals surface area contributed by atoms with E-state index in [1.807, 2.05) is 0 Å². The number of methoxy groups -OCH3 is 1. The van der Waals surface area contributed by atoms with Crippen LogP contribution in [0.3, 0.4) is 0 Å². The van der Waals surface area contributed by atoms with Gasteiger partial charge in [0.15, 0.2) is 0 Å². The Kier molecular flexibility index (Phi) is 4.87. The molecule has 0 fully saturated rings. The number of alkyl halides is 3. The Labute approximate surface area is 125 Å². The largest absolute Gasteiger partial charge is 0.496 e. The summed E-state index contributed by atoms with van der Waals surface area (Å²) in [5, 5.41) is 12.7. The molecule has 2 aromatic rings. The van der Waals surface area contributed by atoms with Gasteiger partial charge >= 0.3 is 6.18 Å². The number of para-hydroxylation sites is 1. The lowest BCUT2D eigenvalue weighted by atomic mass is 10.1. The summed E-state index contributed by atoms with van der Waals surface area (Å²) in [6, 6.07) is 8.91. The van der Waals surface area contributed by atoms with Gasteiger partial charge in [-0.05, 0) is 18.2 Å². The van der Waals surface area contributed by atoms with Crippen molar-refractivity contribution in [2.24, 2.45) is 0 Å². The molecule has 1 atom stereocenters. The first kappa shape index (κ1) is 16.1. The number of aliphatic hydroxyl groups excluding tert-OH is 1. The van der Waals surface area contributed by atoms with Crippen LogP contribution < -0.4 is 10.1 Å². The topological polar surface area (TPSA) is 54.4 Å². The van der Waals surface area contributed by atoms with Crippen LogP contribution in [0.1, 0.15) is 17.2 Å². The second-order valence-corrected chi connectivity index (χ2v) is 4.54. The fourth-order valence-corrected chi connectivity index (χ4v) is 2.02. The van der Waals surface area contributed by atoms with Gasteiger partial charge in [-0.3, -0.25) is 0 Å². The summed E-state index contributed by atoms with van der Waals surface area (Å²) in [7, 11) is 1.46. The van der Waals surface area contributed by atoms with Gasteiger partial charge in [0.05, 0.1) is 18.8 Å². The molecule has 4 nitrogen and oxygen atoms in total. The summed E-state index contributed by atoms with van der Waals surface area (Å²) in [6.07, 6.45) is -4.28. The lowest BCUT2D eigenvalue weighted by Crippen LogP contribution is -2.17. The average Bonchev–Trinajstić information content (AvgIpc) is 2.52. The third-order valence-electron chi connectivity index (χ3n) is 3.07. The van der Waals surface area contributed by atoms with Gasteiger partial charge in [-0.1, -0.05) is 18.2 Å². The molecule has 0 aliphatic carbocycles. The van der Waals surface area contributed by atoms with E-state index in [1.54, 1.807) is 24.3 Å². The van der Waals surface area contributed by atoms with Gasteiger partial charge in [-0.15, -0.1) is 0 Å². The number of ether oxygens (including phenoxy) is 1. The van der Waals surface area contributed by atoms with Crippen molar-refractivity contribution in [3.05, 3.63) is 53.7 Å². The zero-order valence-corrected chi connectivity index (χ0v) is 11.8. The minimum Gasteiger partial charge on any atom is -0.496 e. The monoisotopic (exact) mass is 312 g/mol. The molecule has 7 heteroatoms. The van der Waals surface area contributed by atoms with Crippen LogP contribution in [0.25, 0.3) is 0 Å². The predicted octanol–water partition coefficient (Wildman–Crippen LogP) is 3.25. The molecule has 22 heavy (non-hydrogen) atoms. The molecule has 2 N–H and O–H groups in total. The highest BCUT2D eigenvalue weighted by atomic mass is 19.4. The maximum Gasteiger partial charge on any atom is 0.419 e. The van der Waals surface area contributed by atoms with Gasteiger partial charge in [0, 0.05) is 18.3 Å². The Hall–Kier alpha value is -2.28. The van der Waals surface area contributed by atoms with Gasteiger partial charge in [0.25, 0.3) is 0 Å². The van der Waals surface area contributed by atoms with Gasteiger partial charge in [0.2, 0.25) is 0 Å². The average molecular weight is 312 g/mol. The number of nitrogens with zero attached hydrogens (tertiary/aromatic N) is 1. The maximum absolute atomic E-state index is 12.9. The van der Waals surface area contributed by atoms with E-state index in [2.05, 4.69) is 10.3 Å². The Balaban J connectivity index is 2.14. The van der Waals surface area contributed by atoms with E-state index in [9.17, 15) is 18.3 Å². The van der Waals surface area contributed by atoms with Crippen molar-refractivity contribution in [1.29, 1.82) is 0 Å². The minimum atomic E-state index is -4.51. The number of benzene rings is 1. The van der Waals surface area contributed by atoms with Crippen LogP contribution in [0.5, 0.6) is 5.75 Å². The molecule has 0 bridgehead atoms. The first-order valence-electron chi connectivity index (χ1n) is 6.50. The summed E-state index contributed by atoms with van der Waals surface area (Å²) in [5.74, 6) is 0.151. The second kappa shape index (κ2) is 6.65. The first-order chi connectivity index (χ1) is 10.4. The summed E-state index contributed by atoms with van der Waals surface area (Å²) >= 11 is 0. The normalized spacial score (nSPS) is 12.8. The van der Waals surface area contributed by atoms with Crippen molar-refractivity contribution >= 4 is 5.82 Å². The number of aromatic nitrogens is 1. The zero-order valence-electron chi connectivity index (χ0n) is 11.8. The lowest BCUT2D eigenvalue weighted by molar-refractivity contribution is -0.137. The highest BCUT2D eigenvalue weighted by Gasteiger charge is 2.34. The molecule has 118 valence electrons. The number of rotatable bonds is 5. The number of anilines is 1. The highest BCUT2D eigenvalue weighted by Crippen LogP contribution is 2.33. The van der Waals surface area contributed by atoms with Crippen molar-refractivity contribution in [2.75, 3.05) is 19.0 Å². The fraction of sp³-hybridized carbons (Fsp3) is 0.267. The standard InChI is InChI=1S/C15H15F3N2O2/c1-22-13-7-3-2-5-10(13)12(21)9-20-14-11(15(16,17)18)6-4-8-19-14/h2-8,12,21H,9H2,1H3,(H,19,20). The molecule has 0 aliphatic rings. The molecule has 1 aromatic heterocycles. The molecule has 0 saturated heterocycles. The van der Waals surface area contributed by atoms with E-state index in [0.717, 1.165) is 6.07 Å². The minimum absolute atomic E-state index is 0.125. The van der Waals surface area contributed by atoms with Gasteiger partial charge in [0.1, 0.15) is 11.6 Å². The molecule has 0 spiro atoms. The van der Waals surface area contributed by atoms with Gasteiger partial charge in [-0.2, -0.15) is 13.2 Å². The number of halogens is 3.